The van der Waals surface area contributed by atoms with E-state index in [-0.39, 0.29) is 5.91 Å². The van der Waals surface area contributed by atoms with Crippen molar-refractivity contribution in [2.24, 2.45) is 5.41 Å². The Labute approximate surface area is 197 Å². The fraction of sp³-hybridized carbons (Fsp3) is 0.500. The Hall–Kier alpha value is -2.66. The van der Waals surface area contributed by atoms with Crippen molar-refractivity contribution in [3.63, 3.8) is 0 Å². The third-order valence-electron chi connectivity index (χ3n) is 7.92. The minimum atomic E-state index is -0.565. The Morgan fingerprint density at radius 1 is 1.18 bits per heavy atom. The van der Waals surface area contributed by atoms with E-state index in [4.69, 9.17) is 0 Å². The molecule has 4 heterocycles. The van der Waals surface area contributed by atoms with Gasteiger partial charge in [-0.3, -0.25) is 9.78 Å². The summed E-state index contributed by atoms with van der Waals surface area (Å²) in [5.41, 5.74) is 6.56. The van der Waals surface area contributed by atoms with Gasteiger partial charge in [0.2, 0.25) is 5.91 Å². The lowest BCUT2D eigenvalue weighted by Gasteiger charge is -2.31. The van der Waals surface area contributed by atoms with E-state index in [0.717, 1.165) is 60.6 Å². The minimum Gasteiger partial charge on any atom is -0.354 e. The van der Waals surface area contributed by atoms with Crippen LogP contribution in [0, 0.1) is 12.3 Å². The van der Waals surface area contributed by atoms with Gasteiger partial charge in [-0.05, 0) is 81.5 Å². The van der Waals surface area contributed by atoms with E-state index in [1.54, 1.807) is 0 Å². The average molecular weight is 445 g/mol. The van der Waals surface area contributed by atoms with Gasteiger partial charge in [-0.2, -0.15) is 0 Å². The van der Waals surface area contributed by atoms with E-state index in [2.05, 4.69) is 78.2 Å². The normalized spacial score (nSPS) is 21.1. The SMILES string of the molecule is Cc1cc(-c2[nH]c3ccc(C(C)(C)C(=O)N4CCC5(CCNC5)C4)cc3c2C(C)C)ccn1. The van der Waals surface area contributed by atoms with Gasteiger partial charge in [0.05, 0.1) is 11.1 Å². The molecule has 33 heavy (non-hydrogen) atoms. The van der Waals surface area contributed by atoms with Crippen LogP contribution in [0.3, 0.4) is 0 Å². The summed E-state index contributed by atoms with van der Waals surface area (Å²) >= 11 is 0. The van der Waals surface area contributed by atoms with Gasteiger partial charge in [-0.15, -0.1) is 0 Å². The molecule has 2 fully saturated rings. The fourth-order valence-electron chi connectivity index (χ4n) is 5.90. The summed E-state index contributed by atoms with van der Waals surface area (Å²) < 4.78 is 0. The van der Waals surface area contributed by atoms with Crippen molar-refractivity contribution in [1.29, 1.82) is 0 Å². The van der Waals surface area contributed by atoms with Gasteiger partial charge in [0.1, 0.15) is 0 Å². The van der Waals surface area contributed by atoms with E-state index in [0.29, 0.717) is 11.3 Å². The van der Waals surface area contributed by atoms with Gasteiger partial charge in [-0.1, -0.05) is 19.9 Å². The first kappa shape index (κ1) is 22.1. The van der Waals surface area contributed by atoms with Crippen molar-refractivity contribution < 1.29 is 4.79 Å². The number of amides is 1. The first-order valence-corrected chi connectivity index (χ1v) is 12.3. The van der Waals surface area contributed by atoms with Crippen molar-refractivity contribution in [3.05, 3.63) is 53.3 Å². The molecule has 2 saturated heterocycles. The summed E-state index contributed by atoms with van der Waals surface area (Å²) in [6.45, 7) is 14.6. The predicted molar refractivity (Wildman–Crippen MR) is 134 cm³/mol. The Kier molecular flexibility index (Phi) is 5.36. The van der Waals surface area contributed by atoms with Crippen molar-refractivity contribution in [1.82, 2.24) is 20.2 Å². The molecule has 1 amide bonds. The van der Waals surface area contributed by atoms with Gasteiger partial charge in [-0.25, -0.2) is 0 Å². The van der Waals surface area contributed by atoms with Crippen molar-refractivity contribution in [2.45, 2.75) is 58.8 Å². The molecule has 0 radical (unpaired) electrons. The zero-order valence-corrected chi connectivity index (χ0v) is 20.6. The predicted octanol–water partition coefficient (Wildman–Crippen LogP) is 5.15. The monoisotopic (exact) mass is 444 g/mol. The zero-order chi connectivity index (χ0) is 23.4. The zero-order valence-electron chi connectivity index (χ0n) is 20.6. The van der Waals surface area contributed by atoms with E-state index in [9.17, 15) is 4.79 Å². The summed E-state index contributed by atoms with van der Waals surface area (Å²) in [4.78, 5) is 23.8. The van der Waals surface area contributed by atoms with Gasteiger partial charge < -0.3 is 15.2 Å². The molecule has 1 unspecified atom stereocenters. The Balaban J connectivity index is 1.52. The molecule has 2 aromatic heterocycles. The van der Waals surface area contributed by atoms with Crippen LogP contribution < -0.4 is 5.32 Å². The number of rotatable bonds is 4. The Morgan fingerprint density at radius 2 is 2.00 bits per heavy atom. The number of pyridine rings is 1. The number of hydrogen-bond donors (Lipinski definition) is 2. The molecule has 2 N–H and O–H groups in total. The number of aromatic nitrogens is 2. The lowest BCUT2D eigenvalue weighted by molar-refractivity contribution is -0.135. The van der Waals surface area contributed by atoms with Crippen LogP contribution in [0.5, 0.6) is 0 Å². The van der Waals surface area contributed by atoms with Gasteiger partial charge in [0.25, 0.3) is 0 Å². The summed E-state index contributed by atoms with van der Waals surface area (Å²) in [5, 5.41) is 4.71. The van der Waals surface area contributed by atoms with Crippen LogP contribution in [-0.2, 0) is 10.2 Å². The first-order valence-electron chi connectivity index (χ1n) is 12.3. The van der Waals surface area contributed by atoms with Crippen LogP contribution in [0.4, 0.5) is 0 Å². The maximum atomic E-state index is 13.7. The number of likely N-dealkylation sites (tertiary alicyclic amines) is 1. The largest absolute Gasteiger partial charge is 0.354 e. The molecule has 0 aliphatic carbocycles. The quantitative estimate of drug-likeness (QED) is 0.585. The van der Waals surface area contributed by atoms with Gasteiger partial charge in [0, 0.05) is 53.4 Å². The molecule has 5 heteroatoms. The molecule has 5 rings (SSSR count). The highest BCUT2D eigenvalue weighted by atomic mass is 16.2. The highest BCUT2D eigenvalue weighted by Gasteiger charge is 2.45. The molecule has 2 aliphatic heterocycles. The lowest BCUT2D eigenvalue weighted by atomic mass is 9.81. The minimum absolute atomic E-state index is 0.247. The van der Waals surface area contributed by atoms with Crippen LogP contribution in [0.2, 0.25) is 0 Å². The number of aryl methyl sites for hydroxylation is 1. The molecule has 1 atom stereocenters. The van der Waals surface area contributed by atoms with E-state index < -0.39 is 5.41 Å². The average Bonchev–Trinajstić information content (AvgIpc) is 3.51. The Bertz CT molecular complexity index is 1200. The smallest absolute Gasteiger partial charge is 0.232 e. The van der Waals surface area contributed by atoms with E-state index in [1.165, 1.54) is 17.4 Å². The Morgan fingerprint density at radius 3 is 2.70 bits per heavy atom. The second-order valence-corrected chi connectivity index (χ2v) is 11.0. The van der Waals surface area contributed by atoms with Crippen molar-refractivity contribution in [2.75, 3.05) is 26.2 Å². The highest BCUT2D eigenvalue weighted by molar-refractivity contribution is 5.94. The first-order chi connectivity index (χ1) is 15.7. The number of hydrogen-bond acceptors (Lipinski definition) is 3. The van der Waals surface area contributed by atoms with E-state index >= 15 is 0 Å². The summed E-state index contributed by atoms with van der Waals surface area (Å²) in [7, 11) is 0. The molecule has 174 valence electrons. The van der Waals surface area contributed by atoms with Gasteiger partial charge in [0.15, 0.2) is 0 Å². The molecular formula is C28H36N4O. The summed E-state index contributed by atoms with van der Waals surface area (Å²) in [6.07, 6.45) is 4.17. The lowest BCUT2D eigenvalue weighted by Crippen LogP contribution is -2.43. The van der Waals surface area contributed by atoms with Crippen LogP contribution in [0.25, 0.3) is 22.2 Å². The van der Waals surface area contributed by atoms with Gasteiger partial charge >= 0.3 is 0 Å². The third kappa shape index (κ3) is 3.76. The van der Waals surface area contributed by atoms with Crippen LogP contribution in [-0.4, -0.2) is 47.0 Å². The molecule has 3 aromatic rings. The fourth-order valence-corrected chi connectivity index (χ4v) is 5.90. The molecule has 1 spiro atoms. The number of H-pyrrole nitrogens is 1. The standard InChI is InChI=1S/C28H36N4O/c1-18(2)24-22-15-21(6-7-23(22)31-25(24)20-8-11-30-19(3)14-20)27(4,5)26(33)32-13-10-28(17-32)9-12-29-16-28/h6-8,11,14-15,18,29,31H,9-10,12-13,16-17H2,1-5H3. The number of nitrogens with one attached hydrogen (secondary N) is 2. The number of carbonyl (C=O) groups is 1. The molecule has 0 bridgehead atoms. The molecular weight excluding hydrogens is 408 g/mol. The van der Waals surface area contributed by atoms with Crippen LogP contribution >= 0.6 is 0 Å². The molecule has 1 aromatic carbocycles. The van der Waals surface area contributed by atoms with Crippen LogP contribution in [0.1, 0.15) is 63.3 Å². The number of benzene rings is 1. The second kappa shape index (κ2) is 7.98. The summed E-state index contributed by atoms with van der Waals surface area (Å²) in [6, 6.07) is 10.7. The van der Waals surface area contributed by atoms with Crippen molar-refractivity contribution in [3.8, 4) is 11.3 Å². The second-order valence-electron chi connectivity index (χ2n) is 11.0. The molecule has 2 aliphatic rings. The maximum Gasteiger partial charge on any atom is 0.232 e. The number of carbonyl (C=O) groups excluding carboxylic acids is 1. The topological polar surface area (TPSA) is 61.0 Å². The maximum absolute atomic E-state index is 13.7. The van der Waals surface area contributed by atoms with Crippen molar-refractivity contribution >= 4 is 16.8 Å². The molecule has 0 saturated carbocycles. The van der Waals surface area contributed by atoms with E-state index in [1.807, 2.05) is 13.1 Å². The third-order valence-corrected chi connectivity index (χ3v) is 7.92. The number of nitrogens with zero attached hydrogens (tertiary/aromatic N) is 2. The number of fused-ring (bicyclic) bond motifs is 1. The van der Waals surface area contributed by atoms with Crippen LogP contribution in [0.15, 0.2) is 36.5 Å². The summed E-state index contributed by atoms with van der Waals surface area (Å²) in [5.74, 6) is 0.599. The number of aromatic amines is 1. The highest BCUT2D eigenvalue weighted by Crippen LogP contribution is 2.40. The molecule has 5 nitrogen and oxygen atoms in total.